The van der Waals surface area contributed by atoms with E-state index in [1.165, 1.54) is 6.07 Å². The van der Waals surface area contributed by atoms with Gasteiger partial charge in [-0.1, -0.05) is 59.4 Å². The van der Waals surface area contributed by atoms with Gasteiger partial charge in [0.25, 0.3) is 10.0 Å². The van der Waals surface area contributed by atoms with E-state index in [-0.39, 0.29) is 15.6 Å². The highest BCUT2D eigenvalue weighted by molar-refractivity contribution is 7.92. The molecule has 3 aromatic rings. The molecule has 0 bridgehead atoms. The fourth-order valence-corrected chi connectivity index (χ4v) is 4.95. The van der Waals surface area contributed by atoms with Gasteiger partial charge >= 0.3 is 6.16 Å². The third-order valence-electron chi connectivity index (χ3n) is 3.80. The minimum absolute atomic E-state index is 0.0327. The molecular weight excluding hydrogens is 386 g/mol. The molecule has 0 aliphatic rings. The van der Waals surface area contributed by atoms with Crippen LogP contribution in [0.3, 0.4) is 0 Å². The van der Waals surface area contributed by atoms with Crippen molar-refractivity contribution in [3.63, 3.8) is 0 Å². The molecule has 0 unspecified atom stereocenters. The Morgan fingerprint density at radius 3 is 2.41 bits per heavy atom. The second-order valence-electron chi connectivity index (χ2n) is 5.92. The predicted molar refractivity (Wildman–Crippen MR) is 105 cm³/mol. The van der Waals surface area contributed by atoms with E-state index < -0.39 is 16.2 Å². The molecular formula is C19H17NO5S2. The first-order chi connectivity index (χ1) is 12.8. The number of carbonyl (C=O) groups is 1. The van der Waals surface area contributed by atoms with Crippen LogP contribution < -0.4 is 9.46 Å². The summed E-state index contributed by atoms with van der Waals surface area (Å²) in [7, 11) is -3.90. The standard InChI is InChI=1S/C19H17NO5S2/c1-12-8-9-17(13(2)10-12)27(23,24)20-15-11-16(14-6-4-3-5-7-14)26-18(15)25-19(21)22/h3-11,20H,1-2H3,(H,21,22). The van der Waals surface area contributed by atoms with Crippen molar-refractivity contribution in [3.05, 3.63) is 65.7 Å². The summed E-state index contributed by atoms with van der Waals surface area (Å²) in [6.07, 6.45) is -1.51. The number of nitrogens with one attached hydrogen (secondary N) is 1. The van der Waals surface area contributed by atoms with E-state index in [1.54, 1.807) is 25.1 Å². The summed E-state index contributed by atoms with van der Waals surface area (Å²) >= 11 is 1.05. The Labute approximate surface area is 161 Å². The molecule has 3 rings (SSSR count). The van der Waals surface area contributed by atoms with Crippen LogP contribution in [0.5, 0.6) is 5.06 Å². The van der Waals surface area contributed by atoms with Crippen LogP contribution in [-0.2, 0) is 10.0 Å². The topological polar surface area (TPSA) is 92.7 Å². The lowest BCUT2D eigenvalue weighted by atomic mass is 10.2. The van der Waals surface area contributed by atoms with Crippen LogP contribution in [-0.4, -0.2) is 19.7 Å². The summed E-state index contributed by atoms with van der Waals surface area (Å²) < 4.78 is 32.9. The summed E-state index contributed by atoms with van der Waals surface area (Å²) in [5.74, 6) is 0. The Kier molecular flexibility index (Phi) is 5.20. The summed E-state index contributed by atoms with van der Waals surface area (Å²) in [5, 5.41) is 8.94. The molecule has 0 radical (unpaired) electrons. The van der Waals surface area contributed by atoms with Crippen LogP contribution in [0.2, 0.25) is 0 Å². The van der Waals surface area contributed by atoms with Crippen molar-refractivity contribution in [1.29, 1.82) is 0 Å². The summed E-state index contributed by atoms with van der Waals surface area (Å²) in [5.41, 5.74) is 2.46. The third kappa shape index (κ3) is 4.29. The predicted octanol–water partition coefficient (Wildman–Crippen LogP) is 4.89. The van der Waals surface area contributed by atoms with Gasteiger partial charge in [0, 0.05) is 4.88 Å². The average molecular weight is 403 g/mol. The molecule has 0 saturated carbocycles. The fourth-order valence-electron chi connectivity index (χ4n) is 2.65. The monoisotopic (exact) mass is 403 g/mol. The largest absolute Gasteiger partial charge is 0.512 e. The van der Waals surface area contributed by atoms with Crippen LogP contribution >= 0.6 is 11.3 Å². The molecule has 1 heterocycles. The molecule has 1 aromatic heterocycles. The fraction of sp³-hybridized carbons (Fsp3) is 0.105. The zero-order valence-electron chi connectivity index (χ0n) is 14.6. The van der Waals surface area contributed by atoms with Crippen molar-refractivity contribution < 1.29 is 23.1 Å². The molecule has 8 heteroatoms. The minimum Gasteiger partial charge on any atom is -0.449 e. The van der Waals surface area contributed by atoms with Gasteiger partial charge in [-0.25, -0.2) is 13.2 Å². The SMILES string of the molecule is Cc1ccc(S(=O)(=O)Nc2cc(-c3ccccc3)sc2OC(=O)O)c(C)c1. The maximum Gasteiger partial charge on any atom is 0.512 e. The number of hydrogen-bond acceptors (Lipinski definition) is 5. The highest BCUT2D eigenvalue weighted by Crippen LogP contribution is 2.42. The number of hydrogen-bond donors (Lipinski definition) is 2. The first-order valence-electron chi connectivity index (χ1n) is 7.96. The first kappa shape index (κ1) is 18.9. The molecule has 0 spiro atoms. The second kappa shape index (κ2) is 7.42. The van der Waals surface area contributed by atoms with E-state index in [4.69, 9.17) is 9.84 Å². The van der Waals surface area contributed by atoms with Gasteiger partial charge < -0.3 is 9.84 Å². The van der Waals surface area contributed by atoms with Crippen molar-refractivity contribution >= 4 is 33.2 Å². The lowest BCUT2D eigenvalue weighted by Crippen LogP contribution is -2.15. The zero-order chi connectivity index (χ0) is 19.6. The van der Waals surface area contributed by atoms with Gasteiger partial charge in [-0.3, -0.25) is 4.72 Å². The van der Waals surface area contributed by atoms with Gasteiger partial charge in [0.05, 0.1) is 4.90 Å². The van der Waals surface area contributed by atoms with E-state index in [1.807, 2.05) is 37.3 Å². The number of carboxylic acid groups (broad SMARTS) is 1. The van der Waals surface area contributed by atoms with Crippen LogP contribution in [0.25, 0.3) is 10.4 Å². The molecule has 6 nitrogen and oxygen atoms in total. The van der Waals surface area contributed by atoms with Crippen LogP contribution in [0, 0.1) is 13.8 Å². The molecule has 0 saturated heterocycles. The van der Waals surface area contributed by atoms with Gasteiger partial charge in [0.2, 0.25) is 5.06 Å². The quantitative estimate of drug-likeness (QED) is 0.592. The molecule has 140 valence electrons. The highest BCUT2D eigenvalue weighted by Gasteiger charge is 2.22. The second-order valence-corrected chi connectivity index (χ2v) is 8.59. The lowest BCUT2D eigenvalue weighted by molar-refractivity contribution is 0.146. The lowest BCUT2D eigenvalue weighted by Gasteiger charge is -2.10. The number of anilines is 1. The Bertz CT molecular complexity index is 1090. The van der Waals surface area contributed by atoms with E-state index >= 15 is 0 Å². The maximum atomic E-state index is 12.8. The Hall–Kier alpha value is -2.84. The van der Waals surface area contributed by atoms with E-state index in [0.29, 0.717) is 10.4 Å². The molecule has 0 aliphatic carbocycles. The van der Waals surface area contributed by atoms with Crippen molar-refractivity contribution in [2.75, 3.05) is 4.72 Å². The number of benzene rings is 2. The maximum absolute atomic E-state index is 12.8. The molecule has 2 aromatic carbocycles. The number of ether oxygens (including phenoxy) is 1. The van der Waals surface area contributed by atoms with Gasteiger partial charge in [-0.15, -0.1) is 0 Å². The number of thiophene rings is 1. The number of sulfonamides is 1. The number of rotatable bonds is 5. The first-order valence-corrected chi connectivity index (χ1v) is 10.3. The van der Waals surface area contributed by atoms with Gasteiger partial charge in [-0.2, -0.15) is 0 Å². The Balaban J connectivity index is 2.02. The molecule has 0 amide bonds. The summed E-state index contributed by atoms with van der Waals surface area (Å²) in [6.45, 7) is 3.58. The van der Waals surface area contributed by atoms with Crippen molar-refractivity contribution in [3.8, 4) is 15.5 Å². The third-order valence-corrected chi connectivity index (χ3v) is 6.39. The van der Waals surface area contributed by atoms with Crippen LogP contribution in [0.1, 0.15) is 11.1 Å². The van der Waals surface area contributed by atoms with Crippen LogP contribution in [0.4, 0.5) is 10.5 Å². The molecule has 2 N–H and O–H groups in total. The van der Waals surface area contributed by atoms with E-state index in [2.05, 4.69) is 4.72 Å². The minimum atomic E-state index is -3.90. The van der Waals surface area contributed by atoms with Gasteiger partial charge in [-0.05, 0) is 37.1 Å². The molecule has 0 aliphatic heterocycles. The van der Waals surface area contributed by atoms with Crippen molar-refractivity contribution in [2.45, 2.75) is 18.7 Å². The Morgan fingerprint density at radius 2 is 1.78 bits per heavy atom. The highest BCUT2D eigenvalue weighted by atomic mass is 32.2. The van der Waals surface area contributed by atoms with E-state index in [9.17, 15) is 13.2 Å². The normalized spacial score (nSPS) is 11.2. The van der Waals surface area contributed by atoms with Gasteiger partial charge in [0.15, 0.2) is 0 Å². The number of aryl methyl sites for hydroxylation is 2. The van der Waals surface area contributed by atoms with E-state index in [0.717, 1.165) is 22.5 Å². The smallest absolute Gasteiger partial charge is 0.449 e. The van der Waals surface area contributed by atoms with Crippen molar-refractivity contribution in [2.24, 2.45) is 0 Å². The Morgan fingerprint density at radius 1 is 1.07 bits per heavy atom. The average Bonchev–Trinajstić information content (AvgIpc) is 2.96. The summed E-state index contributed by atoms with van der Waals surface area (Å²) in [6, 6.07) is 15.8. The molecule has 27 heavy (non-hydrogen) atoms. The molecule has 0 atom stereocenters. The van der Waals surface area contributed by atoms with Crippen molar-refractivity contribution in [1.82, 2.24) is 0 Å². The molecule has 0 fully saturated rings. The zero-order valence-corrected chi connectivity index (χ0v) is 16.2. The van der Waals surface area contributed by atoms with Crippen LogP contribution in [0.15, 0.2) is 59.5 Å². The van der Waals surface area contributed by atoms with Gasteiger partial charge in [0.1, 0.15) is 5.69 Å². The summed E-state index contributed by atoms with van der Waals surface area (Å²) in [4.78, 5) is 11.8.